The summed E-state index contributed by atoms with van der Waals surface area (Å²) < 4.78 is 35.9. The van der Waals surface area contributed by atoms with Crippen molar-refractivity contribution in [3.05, 3.63) is 0 Å². The summed E-state index contributed by atoms with van der Waals surface area (Å²) in [4.78, 5) is 0. The molecule has 0 saturated carbocycles. The summed E-state index contributed by atoms with van der Waals surface area (Å²) >= 11 is 0. The normalized spacial score (nSPS) is 13.8. The van der Waals surface area contributed by atoms with Gasteiger partial charge in [-0.1, -0.05) is 0 Å². The lowest BCUT2D eigenvalue weighted by Gasteiger charge is -2.55. The van der Waals surface area contributed by atoms with Crippen molar-refractivity contribution in [3.8, 4) is 0 Å². The first kappa shape index (κ1) is 9.63. The SMILES string of the molecule is [O-]C([O-])([O-])OCC(F)(F)F. The molecular weight excluding hydrogens is 157 g/mol. The highest BCUT2D eigenvalue weighted by Crippen LogP contribution is 2.14. The van der Waals surface area contributed by atoms with Gasteiger partial charge < -0.3 is 20.1 Å². The maximum atomic E-state index is 11.0. The van der Waals surface area contributed by atoms with E-state index in [-0.39, 0.29) is 0 Å². The number of hydrogen-bond acceptors (Lipinski definition) is 4. The third kappa shape index (κ3) is 7.63. The number of rotatable bonds is 2. The van der Waals surface area contributed by atoms with E-state index in [0.717, 1.165) is 0 Å². The smallest absolute Gasteiger partial charge is 0.411 e. The van der Waals surface area contributed by atoms with Crippen LogP contribution in [0.3, 0.4) is 0 Å². The molecule has 0 aliphatic carbocycles. The average molecular weight is 159 g/mol. The van der Waals surface area contributed by atoms with E-state index in [9.17, 15) is 28.5 Å². The fourth-order valence-corrected chi connectivity index (χ4v) is 0.170. The zero-order valence-corrected chi connectivity index (χ0v) is 4.47. The van der Waals surface area contributed by atoms with Crippen LogP contribution in [-0.2, 0) is 4.74 Å². The average Bonchev–Trinajstić information content (AvgIpc) is 1.57. The molecule has 0 radical (unpaired) electrons. The molecule has 0 aromatic carbocycles. The van der Waals surface area contributed by atoms with Gasteiger partial charge in [-0.15, -0.1) is 0 Å². The topological polar surface area (TPSA) is 78.4 Å². The van der Waals surface area contributed by atoms with E-state index in [0.29, 0.717) is 0 Å². The Balaban J connectivity index is 3.56. The summed E-state index contributed by atoms with van der Waals surface area (Å²) in [6.07, 6.45) is -9.28. The first-order valence-electron chi connectivity index (χ1n) is 2.03. The van der Waals surface area contributed by atoms with Crippen LogP contribution in [0.1, 0.15) is 0 Å². The molecule has 7 heteroatoms. The molecule has 0 fully saturated rings. The van der Waals surface area contributed by atoms with Crippen LogP contribution in [0.5, 0.6) is 0 Å². The van der Waals surface area contributed by atoms with Gasteiger partial charge in [0.05, 0.1) is 0 Å². The van der Waals surface area contributed by atoms with Crippen LogP contribution in [-0.4, -0.2) is 18.9 Å². The summed E-state index contributed by atoms with van der Waals surface area (Å²) in [6.45, 7) is -2.11. The zero-order valence-electron chi connectivity index (χ0n) is 4.47. The minimum Gasteiger partial charge on any atom is -0.856 e. The van der Waals surface area contributed by atoms with Gasteiger partial charge in [-0.3, -0.25) is 0 Å². The number of halogens is 3. The van der Waals surface area contributed by atoms with E-state index >= 15 is 0 Å². The lowest BCUT2D eigenvalue weighted by Crippen LogP contribution is -2.69. The molecule has 0 aliphatic heterocycles. The van der Waals surface area contributed by atoms with Crippen LogP contribution in [0.4, 0.5) is 13.2 Å². The zero-order chi connectivity index (χ0) is 8.41. The molecule has 10 heavy (non-hydrogen) atoms. The number of ether oxygens (including phenoxy) is 1. The van der Waals surface area contributed by atoms with Crippen LogP contribution in [0.15, 0.2) is 0 Å². The quantitative estimate of drug-likeness (QED) is 0.409. The summed E-state index contributed by atoms with van der Waals surface area (Å²) in [5, 5.41) is 28.0. The molecule has 0 rings (SSSR count). The molecule has 0 atom stereocenters. The number of alkyl halides is 3. The maximum Gasteiger partial charge on any atom is 0.411 e. The van der Waals surface area contributed by atoms with Gasteiger partial charge in [0, 0.05) is 0 Å². The highest BCUT2D eigenvalue weighted by Gasteiger charge is 2.26. The van der Waals surface area contributed by atoms with Gasteiger partial charge in [0.1, 0.15) is 6.61 Å². The van der Waals surface area contributed by atoms with Crippen molar-refractivity contribution >= 4 is 0 Å². The van der Waals surface area contributed by atoms with Gasteiger partial charge in [0.2, 0.25) is 0 Å². The van der Waals surface area contributed by atoms with Gasteiger partial charge in [-0.25, -0.2) is 0 Å². The Morgan fingerprint density at radius 3 is 1.60 bits per heavy atom. The monoisotopic (exact) mass is 159 g/mol. The Labute approximate surface area is 53.5 Å². The fourth-order valence-electron chi connectivity index (χ4n) is 0.170. The predicted octanol–water partition coefficient (Wildman–Crippen LogP) is -2.74. The Kier molecular flexibility index (Phi) is 2.60. The van der Waals surface area contributed by atoms with Crippen LogP contribution in [0.25, 0.3) is 0 Å². The molecule has 0 N–H and O–H groups in total. The fraction of sp³-hybridized carbons (Fsp3) is 1.00. The van der Waals surface area contributed by atoms with Gasteiger partial charge in [-0.05, 0) is 0 Å². The van der Waals surface area contributed by atoms with Crippen LogP contribution in [0.2, 0.25) is 0 Å². The van der Waals surface area contributed by atoms with Crippen molar-refractivity contribution in [1.29, 1.82) is 0 Å². The second-order valence-corrected chi connectivity index (χ2v) is 1.40. The molecular formula is C3H2F3O4-3. The van der Waals surface area contributed by atoms with Crippen molar-refractivity contribution in [2.24, 2.45) is 0 Å². The Morgan fingerprint density at radius 2 is 1.50 bits per heavy atom. The van der Waals surface area contributed by atoms with Gasteiger partial charge >= 0.3 is 6.18 Å². The Hall–Kier alpha value is -0.370. The van der Waals surface area contributed by atoms with Crippen molar-refractivity contribution in [2.45, 2.75) is 12.3 Å². The molecule has 0 bridgehead atoms. The molecule has 0 aliphatic rings. The molecule has 4 nitrogen and oxygen atoms in total. The third-order valence-corrected chi connectivity index (χ3v) is 0.413. The molecule has 0 amide bonds. The van der Waals surface area contributed by atoms with Crippen LogP contribution >= 0.6 is 0 Å². The van der Waals surface area contributed by atoms with E-state index < -0.39 is 18.9 Å². The van der Waals surface area contributed by atoms with Crippen molar-refractivity contribution in [3.63, 3.8) is 0 Å². The largest absolute Gasteiger partial charge is 0.856 e. The maximum absolute atomic E-state index is 11.0. The second kappa shape index (κ2) is 2.70. The molecule has 0 heterocycles. The summed E-state index contributed by atoms with van der Waals surface area (Å²) in [5.74, 6) is 0. The highest BCUT2D eigenvalue weighted by molar-refractivity contribution is 4.43. The lowest BCUT2D eigenvalue weighted by molar-refractivity contribution is -0.960. The standard InChI is InChI=1S/C3H2F3O4/c4-2(5,6)1-10-3(7,8)9/h1H2/q-3. The van der Waals surface area contributed by atoms with E-state index in [2.05, 4.69) is 4.74 Å². The summed E-state index contributed by atoms with van der Waals surface area (Å²) in [6, 6.07) is 0. The van der Waals surface area contributed by atoms with Gasteiger partial charge in [0.15, 0.2) is 0 Å². The Morgan fingerprint density at radius 1 is 1.10 bits per heavy atom. The van der Waals surface area contributed by atoms with Gasteiger partial charge in [-0.2, -0.15) is 19.3 Å². The minimum absolute atomic E-state index is 2.11. The Bertz CT molecular complexity index is 89.3. The lowest BCUT2D eigenvalue weighted by atomic mass is 10.7. The van der Waals surface area contributed by atoms with Crippen molar-refractivity contribution in [2.75, 3.05) is 6.61 Å². The molecule has 62 valence electrons. The van der Waals surface area contributed by atoms with Crippen molar-refractivity contribution < 1.29 is 33.2 Å². The van der Waals surface area contributed by atoms with E-state index in [1.54, 1.807) is 0 Å². The molecule has 0 unspecified atom stereocenters. The number of hydrogen-bond donors (Lipinski definition) is 0. The molecule has 0 aromatic heterocycles. The molecule has 0 saturated heterocycles. The first-order chi connectivity index (χ1) is 4.21. The van der Waals surface area contributed by atoms with E-state index in [1.165, 1.54) is 0 Å². The van der Waals surface area contributed by atoms with Gasteiger partial charge in [0.25, 0.3) is 0 Å². The molecule has 0 aromatic rings. The highest BCUT2D eigenvalue weighted by atomic mass is 19.4. The predicted molar refractivity (Wildman–Crippen MR) is 14.7 cm³/mol. The molecule has 0 spiro atoms. The second-order valence-electron chi connectivity index (χ2n) is 1.40. The van der Waals surface area contributed by atoms with Crippen molar-refractivity contribution in [1.82, 2.24) is 0 Å². The summed E-state index contributed by atoms with van der Waals surface area (Å²) in [7, 11) is 0. The third-order valence-electron chi connectivity index (χ3n) is 0.413. The van der Waals surface area contributed by atoms with Crippen LogP contribution < -0.4 is 15.3 Å². The van der Waals surface area contributed by atoms with Crippen LogP contribution in [0, 0.1) is 0 Å². The van der Waals surface area contributed by atoms with E-state index in [4.69, 9.17) is 0 Å². The van der Waals surface area contributed by atoms with E-state index in [1.807, 2.05) is 0 Å². The minimum atomic E-state index is -4.81. The first-order valence-corrected chi connectivity index (χ1v) is 2.03. The summed E-state index contributed by atoms with van der Waals surface area (Å²) in [5.41, 5.74) is 0.